The van der Waals surface area contributed by atoms with Crippen LogP contribution >= 0.6 is 0 Å². The van der Waals surface area contributed by atoms with Gasteiger partial charge in [0.25, 0.3) is 0 Å². The van der Waals surface area contributed by atoms with Crippen LogP contribution in [0.1, 0.15) is 30.0 Å². The average molecular weight is 279 g/mol. The first kappa shape index (κ1) is 13.5. The summed E-state index contributed by atoms with van der Waals surface area (Å²) in [5, 5.41) is 8.86. The maximum atomic E-state index is 13.8. The summed E-state index contributed by atoms with van der Waals surface area (Å²) in [4.78, 5) is 13.0. The maximum absolute atomic E-state index is 13.8. The third-order valence-corrected chi connectivity index (χ3v) is 4.20. The molecule has 0 saturated carbocycles. The molecule has 5 heteroatoms. The van der Waals surface area contributed by atoms with Gasteiger partial charge in [0.15, 0.2) is 0 Å². The van der Waals surface area contributed by atoms with Crippen LogP contribution in [-0.4, -0.2) is 41.8 Å². The number of rotatable bonds is 3. The van der Waals surface area contributed by atoms with Crippen molar-refractivity contribution in [1.29, 1.82) is 0 Å². The fraction of sp³-hybridized carbons (Fsp3) is 0.533. The summed E-state index contributed by atoms with van der Waals surface area (Å²) in [6.45, 7) is 1.92. The summed E-state index contributed by atoms with van der Waals surface area (Å²) >= 11 is 0. The quantitative estimate of drug-likeness (QED) is 0.919. The minimum Gasteiger partial charge on any atom is -0.481 e. The minimum absolute atomic E-state index is 0.0270. The number of morpholine rings is 1. The summed E-state index contributed by atoms with van der Waals surface area (Å²) in [5.41, 5.74) is 1.87. The van der Waals surface area contributed by atoms with Crippen LogP contribution in [0.5, 0.6) is 0 Å². The van der Waals surface area contributed by atoms with Crippen molar-refractivity contribution in [3.63, 3.8) is 0 Å². The van der Waals surface area contributed by atoms with Crippen LogP contribution in [0.25, 0.3) is 0 Å². The Morgan fingerprint density at radius 1 is 1.50 bits per heavy atom. The third kappa shape index (κ3) is 2.55. The van der Waals surface area contributed by atoms with E-state index >= 15 is 0 Å². The molecule has 1 heterocycles. The molecule has 0 spiro atoms. The highest BCUT2D eigenvalue weighted by molar-refractivity contribution is 5.67. The predicted octanol–water partition coefficient (Wildman–Crippen LogP) is 1.99. The van der Waals surface area contributed by atoms with Crippen molar-refractivity contribution >= 4 is 5.97 Å². The van der Waals surface area contributed by atoms with Gasteiger partial charge in [-0.05, 0) is 30.0 Å². The Labute approximate surface area is 117 Å². The molecule has 4 nitrogen and oxygen atoms in total. The molecule has 1 aromatic carbocycles. The van der Waals surface area contributed by atoms with E-state index in [1.54, 1.807) is 6.07 Å². The topological polar surface area (TPSA) is 49.8 Å². The SMILES string of the molecule is O=C(O)CC1CN(C2CCc3c(F)cccc32)CCO1. The fourth-order valence-electron chi connectivity index (χ4n) is 3.31. The number of fused-ring (bicyclic) bond motifs is 1. The van der Waals surface area contributed by atoms with Gasteiger partial charge < -0.3 is 9.84 Å². The second-order valence-electron chi connectivity index (χ2n) is 5.45. The number of carboxylic acids is 1. The highest BCUT2D eigenvalue weighted by Crippen LogP contribution is 2.37. The number of carboxylic acid groups (broad SMARTS) is 1. The highest BCUT2D eigenvalue weighted by Gasteiger charge is 2.33. The Kier molecular flexibility index (Phi) is 3.72. The zero-order valence-corrected chi connectivity index (χ0v) is 11.2. The lowest BCUT2D eigenvalue weighted by molar-refractivity contribution is -0.142. The molecular formula is C15H18FNO3. The molecule has 0 amide bonds. The first-order valence-electron chi connectivity index (χ1n) is 7.00. The Morgan fingerprint density at radius 3 is 3.15 bits per heavy atom. The molecule has 1 saturated heterocycles. The third-order valence-electron chi connectivity index (χ3n) is 4.20. The van der Waals surface area contributed by atoms with Crippen molar-refractivity contribution in [3.8, 4) is 0 Å². The van der Waals surface area contributed by atoms with Crippen LogP contribution in [0.2, 0.25) is 0 Å². The van der Waals surface area contributed by atoms with Crippen molar-refractivity contribution in [2.75, 3.05) is 19.7 Å². The Morgan fingerprint density at radius 2 is 2.35 bits per heavy atom. The summed E-state index contributed by atoms with van der Waals surface area (Å²) in [5.74, 6) is -0.963. The van der Waals surface area contributed by atoms with E-state index in [2.05, 4.69) is 4.90 Å². The van der Waals surface area contributed by atoms with Crippen molar-refractivity contribution < 1.29 is 19.0 Å². The number of aliphatic carboxylic acids is 1. The van der Waals surface area contributed by atoms with Crippen LogP contribution in [0, 0.1) is 5.82 Å². The molecule has 1 aromatic rings. The van der Waals surface area contributed by atoms with Crippen molar-refractivity contribution in [2.24, 2.45) is 0 Å². The smallest absolute Gasteiger partial charge is 0.306 e. The molecule has 3 rings (SSSR count). The molecule has 2 aliphatic rings. The van der Waals surface area contributed by atoms with Crippen LogP contribution in [0.4, 0.5) is 4.39 Å². The zero-order chi connectivity index (χ0) is 14.1. The summed E-state index contributed by atoms with van der Waals surface area (Å²) in [7, 11) is 0. The Bertz CT molecular complexity index is 520. The molecule has 0 bridgehead atoms. The van der Waals surface area contributed by atoms with Gasteiger partial charge in [0, 0.05) is 19.1 Å². The van der Waals surface area contributed by atoms with Crippen molar-refractivity contribution in [1.82, 2.24) is 4.90 Å². The number of hydrogen-bond donors (Lipinski definition) is 1. The van der Waals surface area contributed by atoms with Crippen LogP contribution in [-0.2, 0) is 16.0 Å². The van der Waals surface area contributed by atoms with E-state index in [1.807, 2.05) is 6.07 Å². The van der Waals surface area contributed by atoms with Crippen LogP contribution in [0.15, 0.2) is 18.2 Å². The Balaban J connectivity index is 1.75. The lowest BCUT2D eigenvalue weighted by Crippen LogP contribution is -2.44. The van der Waals surface area contributed by atoms with Gasteiger partial charge in [0.1, 0.15) is 5.82 Å². The standard InChI is InChI=1S/C15H18FNO3/c16-13-3-1-2-12-11(13)4-5-14(12)17-6-7-20-10(9-17)8-15(18)19/h1-3,10,14H,4-9H2,(H,18,19). The van der Waals surface area contributed by atoms with Crippen molar-refractivity contribution in [2.45, 2.75) is 31.4 Å². The monoisotopic (exact) mass is 279 g/mol. The maximum Gasteiger partial charge on any atom is 0.306 e. The largest absolute Gasteiger partial charge is 0.481 e. The summed E-state index contributed by atoms with van der Waals surface area (Å²) in [6.07, 6.45) is 1.42. The molecule has 1 fully saturated rings. The summed E-state index contributed by atoms with van der Waals surface area (Å²) in [6, 6.07) is 5.44. The van der Waals surface area contributed by atoms with Gasteiger partial charge >= 0.3 is 5.97 Å². The lowest BCUT2D eigenvalue weighted by atomic mass is 10.0. The second-order valence-corrected chi connectivity index (χ2v) is 5.45. The fourth-order valence-corrected chi connectivity index (χ4v) is 3.31. The molecule has 1 aliphatic heterocycles. The van der Waals surface area contributed by atoms with E-state index < -0.39 is 5.97 Å². The molecule has 1 N–H and O–H groups in total. The minimum atomic E-state index is -0.838. The summed E-state index contributed by atoms with van der Waals surface area (Å²) < 4.78 is 19.3. The second kappa shape index (κ2) is 5.50. The van der Waals surface area contributed by atoms with E-state index in [0.29, 0.717) is 13.2 Å². The molecule has 108 valence electrons. The molecule has 2 unspecified atom stereocenters. The van der Waals surface area contributed by atoms with Gasteiger partial charge in [-0.2, -0.15) is 0 Å². The first-order chi connectivity index (χ1) is 9.65. The molecule has 0 radical (unpaired) electrons. The number of carbonyl (C=O) groups is 1. The van der Waals surface area contributed by atoms with Gasteiger partial charge in [0.2, 0.25) is 0 Å². The first-order valence-corrected chi connectivity index (χ1v) is 7.00. The number of nitrogens with zero attached hydrogens (tertiary/aromatic N) is 1. The van der Waals surface area contributed by atoms with Crippen LogP contribution in [0.3, 0.4) is 0 Å². The van der Waals surface area contributed by atoms with Gasteiger partial charge in [-0.1, -0.05) is 12.1 Å². The van der Waals surface area contributed by atoms with Gasteiger partial charge in [-0.25, -0.2) is 4.39 Å². The van der Waals surface area contributed by atoms with E-state index in [1.165, 1.54) is 6.07 Å². The molecular weight excluding hydrogens is 261 g/mol. The van der Waals surface area contributed by atoms with Crippen molar-refractivity contribution in [3.05, 3.63) is 35.1 Å². The van der Waals surface area contributed by atoms with E-state index in [9.17, 15) is 9.18 Å². The molecule has 2 atom stereocenters. The van der Waals surface area contributed by atoms with E-state index in [-0.39, 0.29) is 24.4 Å². The predicted molar refractivity (Wildman–Crippen MR) is 71.0 cm³/mol. The normalized spacial score (nSPS) is 26.4. The highest BCUT2D eigenvalue weighted by atomic mass is 19.1. The number of benzene rings is 1. The van der Waals surface area contributed by atoms with Gasteiger partial charge in [-0.15, -0.1) is 0 Å². The average Bonchev–Trinajstić information content (AvgIpc) is 2.83. The number of ether oxygens (including phenoxy) is 1. The molecule has 0 aromatic heterocycles. The lowest BCUT2D eigenvalue weighted by Gasteiger charge is -2.36. The van der Waals surface area contributed by atoms with E-state index in [0.717, 1.165) is 30.5 Å². The van der Waals surface area contributed by atoms with E-state index in [4.69, 9.17) is 9.84 Å². The number of halogens is 1. The van der Waals surface area contributed by atoms with Gasteiger partial charge in [0.05, 0.1) is 19.1 Å². The zero-order valence-electron chi connectivity index (χ0n) is 11.2. The number of hydrogen-bond acceptors (Lipinski definition) is 3. The molecule has 20 heavy (non-hydrogen) atoms. The van der Waals surface area contributed by atoms with Gasteiger partial charge in [-0.3, -0.25) is 9.69 Å². The molecule has 1 aliphatic carbocycles. The van der Waals surface area contributed by atoms with Crippen LogP contribution < -0.4 is 0 Å². The Hall–Kier alpha value is -1.46.